The maximum absolute atomic E-state index is 13.0. The molecule has 0 aromatic rings. The third-order valence-corrected chi connectivity index (χ3v) is 16.1. The molecule has 3 atom stereocenters. The first-order valence-electron chi connectivity index (χ1n) is 33.8. The van der Waals surface area contributed by atoms with Crippen molar-refractivity contribution in [1.29, 1.82) is 0 Å². The van der Waals surface area contributed by atoms with Crippen LogP contribution >= 0.6 is 7.82 Å². The van der Waals surface area contributed by atoms with Gasteiger partial charge in [-0.2, -0.15) is 0 Å². The molecule has 8 nitrogen and oxygen atoms in total. The van der Waals surface area contributed by atoms with Crippen LogP contribution in [0.5, 0.6) is 0 Å². The molecule has 0 aromatic heterocycles. The van der Waals surface area contributed by atoms with E-state index in [0.717, 1.165) is 57.8 Å². The summed E-state index contributed by atoms with van der Waals surface area (Å²) in [5, 5.41) is 14.0. The fraction of sp³-hybridized carbons (Fsp3) is 0.814. The minimum absolute atomic E-state index is 0.0510. The molecule has 1 amide bonds. The number of allylic oxidation sites excluding steroid dienone is 11. The van der Waals surface area contributed by atoms with Gasteiger partial charge in [-0.15, -0.1) is 0 Å². The van der Waals surface area contributed by atoms with E-state index in [2.05, 4.69) is 79.9 Å². The van der Waals surface area contributed by atoms with Gasteiger partial charge in [-0.1, -0.05) is 299 Å². The number of quaternary nitrogens is 1. The number of likely N-dealkylation sites (N-methyl/N-ethyl adjacent to an activating group) is 1. The molecule has 0 aliphatic rings. The van der Waals surface area contributed by atoms with E-state index in [1.807, 2.05) is 27.2 Å². The standard InChI is InChI=1S/C70H131N2O6P/c1-6-8-10-12-14-16-18-20-22-24-26-28-30-32-34-35-36-38-39-41-43-45-47-49-51-53-55-57-59-61-63-69(73)68(67-78-79(75,76)77-66-65-72(3,4)5)71-70(74)64-62-60-58-56-54-52-50-48-46-44-42-40-37-33-31-29-27-25-23-21-19-17-15-13-11-9-7-2/h19,21,25,27,31,33,45,47,53,55,61,63,68-69,73H,6-18,20,22-24,26,28-30,32,34-44,46,48-52,54,56-60,62,64-67H2,1-5H3,(H-,71,74,75,76)/p+1/b21-19-,27-25-,33-31-,47-45+,55-53+,63-61+. The Bertz CT molecular complexity index is 1520. The molecule has 0 rings (SSSR count). The van der Waals surface area contributed by atoms with Gasteiger partial charge in [0.1, 0.15) is 13.2 Å². The molecule has 0 aromatic carbocycles. The lowest BCUT2D eigenvalue weighted by Gasteiger charge is -2.25. The first kappa shape index (κ1) is 76.9. The van der Waals surface area contributed by atoms with Gasteiger partial charge in [0.25, 0.3) is 0 Å². The number of hydrogen-bond acceptors (Lipinski definition) is 5. The van der Waals surface area contributed by atoms with E-state index in [1.54, 1.807) is 6.08 Å². The van der Waals surface area contributed by atoms with E-state index >= 15 is 0 Å². The van der Waals surface area contributed by atoms with E-state index in [4.69, 9.17) is 9.05 Å². The Balaban J connectivity index is 4.18. The van der Waals surface area contributed by atoms with Gasteiger partial charge in [0.15, 0.2) is 0 Å². The van der Waals surface area contributed by atoms with Gasteiger partial charge in [-0.25, -0.2) is 4.57 Å². The largest absolute Gasteiger partial charge is 0.472 e. The van der Waals surface area contributed by atoms with E-state index in [9.17, 15) is 19.4 Å². The Morgan fingerprint density at radius 1 is 0.430 bits per heavy atom. The van der Waals surface area contributed by atoms with Crippen LogP contribution in [0.25, 0.3) is 0 Å². The number of aliphatic hydroxyl groups is 1. The Hall–Kier alpha value is -2.06. The minimum atomic E-state index is -4.37. The van der Waals surface area contributed by atoms with E-state index in [0.29, 0.717) is 17.4 Å². The Morgan fingerprint density at radius 2 is 0.734 bits per heavy atom. The van der Waals surface area contributed by atoms with Crippen LogP contribution in [0, 0.1) is 0 Å². The van der Waals surface area contributed by atoms with Crippen LogP contribution in [-0.2, 0) is 18.4 Å². The van der Waals surface area contributed by atoms with Gasteiger partial charge in [-0.05, 0) is 83.5 Å². The molecule has 0 aliphatic heterocycles. The number of nitrogens with one attached hydrogen (secondary N) is 1. The topological polar surface area (TPSA) is 105 Å². The van der Waals surface area contributed by atoms with Crippen molar-refractivity contribution in [3.63, 3.8) is 0 Å². The van der Waals surface area contributed by atoms with Crippen molar-refractivity contribution in [3.8, 4) is 0 Å². The summed E-state index contributed by atoms with van der Waals surface area (Å²) in [5.41, 5.74) is 0. The van der Waals surface area contributed by atoms with Crippen LogP contribution in [-0.4, -0.2) is 73.4 Å². The highest BCUT2D eigenvalue weighted by Gasteiger charge is 2.28. The summed E-state index contributed by atoms with van der Waals surface area (Å²) < 4.78 is 23.8. The zero-order valence-electron chi connectivity index (χ0n) is 52.9. The summed E-state index contributed by atoms with van der Waals surface area (Å²) in [6.45, 7) is 4.81. The number of unbranched alkanes of at least 4 members (excludes halogenated alkanes) is 39. The molecule has 0 bridgehead atoms. The lowest BCUT2D eigenvalue weighted by molar-refractivity contribution is -0.870. The second kappa shape index (κ2) is 60.5. The van der Waals surface area contributed by atoms with Crippen LogP contribution in [0.1, 0.15) is 316 Å². The van der Waals surface area contributed by atoms with Crippen LogP contribution in [0.4, 0.5) is 0 Å². The molecule has 79 heavy (non-hydrogen) atoms. The van der Waals surface area contributed by atoms with E-state index in [-0.39, 0.29) is 19.1 Å². The van der Waals surface area contributed by atoms with Crippen molar-refractivity contribution >= 4 is 13.7 Å². The quantitative estimate of drug-likeness (QED) is 0.0243. The molecule has 9 heteroatoms. The molecule has 0 spiro atoms. The van der Waals surface area contributed by atoms with Gasteiger partial charge < -0.3 is 19.8 Å². The van der Waals surface area contributed by atoms with E-state index in [1.165, 1.54) is 238 Å². The number of rotatable bonds is 62. The number of aliphatic hydroxyl groups excluding tert-OH is 1. The SMILES string of the molecule is CCCCCCC/C=C\C/C=C\C/C=C\CCCCCCCCCCCCCCC(=O)NC(COP(=O)(O)OCC[N+](C)(C)C)C(O)/C=C/CC/C=C/CC/C=C/CCCCCCCCCCCCCCCCCCCCCC. The van der Waals surface area contributed by atoms with Crippen molar-refractivity contribution in [2.75, 3.05) is 40.9 Å². The van der Waals surface area contributed by atoms with Gasteiger partial charge in [0.05, 0.1) is 39.9 Å². The van der Waals surface area contributed by atoms with Crippen LogP contribution in [0.3, 0.4) is 0 Å². The van der Waals surface area contributed by atoms with Crippen LogP contribution < -0.4 is 5.32 Å². The number of carbonyl (C=O) groups excluding carboxylic acids is 1. The first-order chi connectivity index (χ1) is 38.5. The zero-order valence-corrected chi connectivity index (χ0v) is 53.8. The second-order valence-electron chi connectivity index (χ2n) is 24.2. The van der Waals surface area contributed by atoms with Crippen LogP contribution in [0.2, 0.25) is 0 Å². The maximum atomic E-state index is 13.0. The van der Waals surface area contributed by atoms with Crippen molar-refractivity contribution < 1.29 is 32.9 Å². The van der Waals surface area contributed by atoms with Crippen molar-refractivity contribution in [2.24, 2.45) is 0 Å². The fourth-order valence-electron chi connectivity index (χ4n) is 9.85. The summed E-state index contributed by atoms with van der Waals surface area (Å²) in [4.78, 5) is 23.4. The summed E-state index contributed by atoms with van der Waals surface area (Å²) in [6, 6.07) is -0.876. The average Bonchev–Trinajstić information content (AvgIpc) is 3.42. The second-order valence-corrected chi connectivity index (χ2v) is 25.6. The van der Waals surface area contributed by atoms with Crippen molar-refractivity contribution in [2.45, 2.75) is 328 Å². The van der Waals surface area contributed by atoms with Gasteiger partial charge in [0.2, 0.25) is 5.91 Å². The number of hydrogen-bond donors (Lipinski definition) is 3. The average molecular weight is 1130 g/mol. The highest BCUT2D eigenvalue weighted by atomic mass is 31.2. The summed E-state index contributed by atoms with van der Waals surface area (Å²) >= 11 is 0. The molecular formula is C70H132N2O6P+. The maximum Gasteiger partial charge on any atom is 0.472 e. The van der Waals surface area contributed by atoms with Gasteiger partial charge in [-0.3, -0.25) is 13.8 Å². The lowest BCUT2D eigenvalue weighted by atomic mass is 10.0. The monoisotopic (exact) mass is 1130 g/mol. The summed E-state index contributed by atoms with van der Waals surface area (Å²) in [6.07, 6.45) is 84.7. The molecule has 0 aliphatic carbocycles. The number of carbonyl (C=O) groups is 1. The van der Waals surface area contributed by atoms with E-state index < -0.39 is 20.0 Å². The smallest absolute Gasteiger partial charge is 0.387 e. The molecule has 0 saturated heterocycles. The Morgan fingerprint density at radius 3 is 1.10 bits per heavy atom. The third-order valence-electron chi connectivity index (χ3n) is 15.1. The normalized spacial score (nSPS) is 14.2. The first-order valence-corrected chi connectivity index (χ1v) is 35.3. The molecule has 0 heterocycles. The molecule has 3 N–H and O–H groups in total. The molecule has 0 saturated carbocycles. The van der Waals surface area contributed by atoms with Gasteiger partial charge >= 0.3 is 7.82 Å². The molecule has 0 radical (unpaired) electrons. The number of phosphoric ester groups is 1. The number of nitrogens with zero attached hydrogens (tertiary/aromatic N) is 1. The predicted molar refractivity (Wildman–Crippen MR) is 346 cm³/mol. The molecule has 462 valence electrons. The lowest BCUT2D eigenvalue weighted by Crippen LogP contribution is -2.45. The molecule has 0 fully saturated rings. The Labute approximate surface area is 491 Å². The fourth-order valence-corrected chi connectivity index (χ4v) is 10.6. The highest BCUT2D eigenvalue weighted by Crippen LogP contribution is 2.43. The van der Waals surface area contributed by atoms with Gasteiger partial charge in [0, 0.05) is 6.42 Å². The van der Waals surface area contributed by atoms with Crippen molar-refractivity contribution in [1.82, 2.24) is 5.32 Å². The molecular weight excluding hydrogens is 996 g/mol. The summed E-state index contributed by atoms with van der Waals surface area (Å²) in [7, 11) is 1.55. The molecule has 3 unspecified atom stereocenters. The van der Waals surface area contributed by atoms with Crippen molar-refractivity contribution in [3.05, 3.63) is 72.9 Å². The zero-order chi connectivity index (χ0) is 57.7. The third kappa shape index (κ3) is 63.4. The summed E-state index contributed by atoms with van der Waals surface area (Å²) in [5.74, 6) is -0.192. The van der Waals surface area contributed by atoms with Crippen LogP contribution in [0.15, 0.2) is 72.9 Å². The number of amides is 1. The minimum Gasteiger partial charge on any atom is -0.387 e. The predicted octanol–water partition coefficient (Wildman–Crippen LogP) is 21.4. The number of phosphoric acid groups is 1. The highest BCUT2D eigenvalue weighted by molar-refractivity contribution is 7.47. The Kier molecular flexibility index (Phi) is 59.0.